The van der Waals surface area contributed by atoms with Gasteiger partial charge in [0.15, 0.2) is 6.10 Å². The smallest absolute Gasteiger partial charge is 0.246 e. The third kappa shape index (κ3) is 4.18. The van der Waals surface area contributed by atoms with Crippen LogP contribution in [0.1, 0.15) is 0 Å². The zero-order chi connectivity index (χ0) is 10.9. The second kappa shape index (κ2) is 3.59. The van der Waals surface area contributed by atoms with Crippen LogP contribution in [-0.2, 0) is 4.79 Å². The maximum absolute atomic E-state index is 10.1. The number of carbonyl (C=O) groups is 1. The van der Waals surface area contributed by atoms with Crippen molar-refractivity contribution in [1.82, 2.24) is 0 Å². The van der Waals surface area contributed by atoms with Gasteiger partial charge in [-0.05, 0) is 0 Å². The van der Waals surface area contributed by atoms with E-state index in [0.717, 1.165) is 0 Å². The van der Waals surface area contributed by atoms with E-state index in [-0.39, 0.29) is 11.0 Å². The van der Waals surface area contributed by atoms with Crippen LogP contribution >= 0.6 is 0 Å². The third-order valence-corrected chi connectivity index (χ3v) is 1.37. The van der Waals surface area contributed by atoms with E-state index in [9.17, 15) is 9.90 Å². The largest absolute Gasteiger partial charge is 0.547 e. The summed E-state index contributed by atoms with van der Waals surface area (Å²) in [5.41, 5.74) is 0. The number of aliphatic hydroxyl groups excluding tert-OH is 1. The molecule has 0 aliphatic rings. The molecule has 0 rings (SSSR count). The summed E-state index contributed by atoms with van der Waals surface area (Å²) in [6.45, 7) is -0.317. The van der Waals surface area contributed by atoms with Crippen LogP contribution < -0.4 is 5.11 Å². The molecule has 0 aliphatic heterocycles. The summed E-state index contributed by atoms with van der Waals surface area (Å²) in [7, 11) is 4.88. The molecule has 1 unspecified atom stereocenters. The highest BCUT2D eigenvalue weighted by Gasteiger charge is 2.39. The van der Waals surface area contributed by atoms with Gasteiger partial charge in [-0.25, -0.2) is 0 Å². The lowest BCUT2D eigenvalue weighted by Crippen LogP contribution is -2.60. The van der Waals surface area contributed by atoms with Crippen molar-refractivity contribution in [3.05, 3.63) is 0 Å². The Balaban J connectivity index is 4.48. The van der Waals surface area contributed by atoms with E-state index >= 15 is 0 Å². The molecule has 78 valence electrons. The van der Waals surface area contributed by atoms with E-state index in [0.29, 0.717) is 0 Å². The highest BCUT2D eigenvalue weighted by atomic mass is 16.5. The van der Waals surface area contributed by atoms with Crippen LogP contribution in [0.2, 0.25) is 0 Å². The van der Waals surface area contributed by atoms with E-state index in [4.69, 9.17) is 15.3 Å². The average molecular weight is 193 g/mol. The Morgan fingerprint density at radius 3 is 2.08 bits per heavy atom. The third-order valence-electron chi connectivity index (χ3n) is 1.37. The molecule has 3 N–H and O–H groups in total. The van der Waals surface area contributed by atoms with Gasteiger partial charge < -0.3 is 29.7 Å². The van der Waals surface area contributed by atoms with Gasteiger partial charge in [-0.15, -0.1) is 0 Å². The number of carboxylic acids is 1. The van der Waals surface area contributed by atoms with E-state index in [1.165, 1.54) is 0 Å². The van der Waals surface area contributed by atoms with Crippen molar-refractivity contribution in [3.63, 3.8) is 0 Å². The molecule has 0 saturated heterocycles. The van der Waals surface area contributed by atoms with Crippen molar-refractivity contribution in [1.29, 1.82) is 0 Å². The molecule has 0 saturated carbocycles. The van der Waals surface area contributed by atoms with E-state index < -0.39 is 17.9 Å². The summed E-state index contributed by atoms with van der Waals surface area (Å²) in [5, 5.41) is 37.3. The predicted octanol–water partition coefficient (Wildman–Crippen LogP) is -3.52. The van der Waals surface area contributed by atoms with Gasteiger partial charge in [0.25, 0.3) is 0 Å². The van der Waals surface area contributed by atoms with Gasteiger partial charge in [-0.3, -0.25) is 0 Å². The first-order valence-corrected chi connectivity index (χ1v) is 3.70. The molecular weight excluding hydrogens is 178 g/mol. The molecular formula is C7H15NO5. The van der Waals surface area contributed by atoms with Crippen LogP contribution in [0.25, 0.3) is 0 Å². The molecule has 0 aromatic heterocycles. The number of aliphatic hydroxyl groups is 3. The van der Waals surface area contributed by atoms with Gasteiger partial charge in [0, 0.05) is 0 Å². The molecule has 0 fully saturated rings. The van der Waals surface area contributed by atoms with E-state index in [1.807, 2.05) is 0 Å². The molecule has 0 spiro atoms. The molecule has 0 amide bonds. The monoisotopic (exact) mass is 193 g/mol. The first-order valence-electron chi connectivity index (χ1n) is 3.70. The molecule has 0 aromatic carbocycles. The second-order valence-corrected chi connectivity index (χ2v) is 4.05. The predicted molar refractivity (Wildman–Crippen MR) is 41.1 cm³/mol. The molecule has 0 heterocycles. The Bertz CT molecular complexity index is 196. The Hall–Kier alpha value is -0.690. The van der Waals surface area contributed by atoms with Crippen LogP contribution in [0, 0.1) is 0 Å². The number of carbonyl (C=O) groups excluding carboxylic acids is 1. The number of quaternary nitrogens is 1. The lowest BCUT2D eigenvalue weighted by molar-refractivity contribution is -0.881. The highest BCUT2D eigenvalue weighted by molar-refractivity contribution is 5.70. The molecule has 6 nitrogen and oxygen atoms in total. The number of hydrogen-bond acceptors (Lipinski definition) is 5. The van der Waals surface area contributed by atoms with Gasteiger partial charge in [-0.2, -0.15) is 0 Å². The highest BCUT2D eigenvalue weighted by Crippen LogP contribution is 2.10. The average Bonchev–Trinajstić information content (AvgIpc) is 1.80. The van der Waals surface area contributed by atoms with Crippen LogP contribution in [0.15, 0.2) is 0 Å². The van der Waals surface area contributed by atoms with Crippen molar-refractivity contribution in [2.24, 2.45) is 0 Å². The maximum atomic E-state index is 10.1. The summed E-state index contributed by atoms with van der Waals surface area (Å²) in [5.74, 6) is -4.57. The maximum Gasteiger partial charge on any atom is 0.246 e. The summed E-state index contributed by atoms with van der Waals surface area (Å²) in [4.78, 5) is 10.1. The van der Waals surface area contributed by atoms with Crippen molar-refractivity contribution in [2.75, 3.05) is 27.7 Å². The van der Waals surface area contributed by atoms with E-state index in [2.05, 4.69) is 0 Å². The number of rotatable bonds is 4. The zero-order valence-electron chi connectivity index (χ0n) is 7.89. The number of aliphatic carboxylic acids is 1. The summed E-state index contributed by atoms with van der Waals surface area (Å²) in [6.07, 6.45) is -2.30. The number of likely N-dealkylation sites (N-methyl/N-ethyl adjacent to an activating group) is 1. The van der Waals surface area contributed by atoms with Gasteiger partial charge in [-0.1, -0.05) is 0 Å². The molecule has 0 aromatic rings. The topological polar surface area (TPSA) is 101 Å². The molecule has 6 heteroatoms. The van der Waals surface area contributed by atoms with Crippen molar-refractivity contribution in [2.45, 2.75) is 11.9 Å². The lowest BCUT2D eigenvalue weighted by atomic mass is 10.1. The fourth-order valence-electron chi connectivity index (χ4n) is 0.973. The van der Waals surface area contributed by atoms with E-state index in [1.54, 1.807) is 21.1 Å². The minimum atomic E-state index is -2.67. The first-order chi connectivity index (χ1) is 5.56. The quantitative estimate of drug-likeness (QED) is 0.317. The molecule has 0 aliphatic carbocycles. The van der Waals surface area contributed by atoms with Crippen LogP contribution in [0.4, 0.5) is 0 Å². The standard InChI is InChI=1S/C7H15NO5/c1-8(2,3)4-7(12,13)5(9)6(10)11/h5,9,12-13H,4H2,1-3H3. The Morgan fingerprint density at radius 2 is 1.85 bits per heavy atom. The van der Waals surface area contributed by atoms with Crippen molar-refractivity contribution >= 4 is 5.97 Å². The van der Waals surface area contributed by atoms with Gasteiger partial charge in [0.1, 0.15) is 6.54 Å². The molecule has 1 atom stereocenters. The molecule has 0 radical (unpaired) electrons. The van der Waals surface area contributed by atoms with Gasteiger partial charge >= 0.3 is 0 Å². The minimum absolute atomic E-state index is 0.108. The lowest BCUT2D eigenvalue weighted by Gasteiger charge is -2.34. The Labute approximate surface area is 76.2 Å². The normalized spacial score (nSPS) is 15.5. The van der Waals surface area contributed by atoms with Gasteiger partial charge in [0.05, 0.1) is 27.1 Å². The Morgan fingerprint density at radius 1 is 1.46 bits per heavy atom. The fraction of sp³-hybridized carbons (Fsp3) is 0.857. The SMILES string of the molecule is C[N+](C)(C)CC(O)(O)C(O)C(=O)[O-]. The minimum Gasteiger partial charge on any atom is -0.547 e. The second-order valence-electron chi connectivity index (χ2n) is 4.05. The van der Waals surface area contributed by atoms with Crippen LogP contribution in [0.3, 0.4) is 0 Å². The number of hydrogen-bond donors (Lipinski definition) is 3. The number of nitrogens with zero attached hydrogens (tertiary/aromatic N) is 1. The molecule has 13 heavy (non-hydrogen) atoms. The Kier molecular flexibility index (Phi) is 3.40. The van der Waals surface area contributed by atoms with Crippen LogP contribution in [-0.4, -0.2) is 65.4 Å². The van der Waals surface area contributed by atoms with Gasteiger partial charge in [0.2, 0.25) is 5.79 Å². The number of carboxylic acid groups (broad SMARTS) is 1. The summed E-state index contributed by atoms with van der Waals surface area (Å²) < 4.78 is 0.108. The van der Waals surface area contributed by atoms with Crippen molar-refractivity contribution < 1.29 is 29.7 Å². The zero-order valence-corrected chi connectivity index (χ0v) is 7.89. The summed E-state index contributed by atoms with van der Waals surface area (Å²) >= 11 is 0. The van der Waals surface area contributed by atoms with Crippen LogP contribution in [0.5, 0.6) is 0 Å². The fourth-order valence-corrected chi connectivity index (χ4v) is 0.973. The summed E-state index contributed by atoms with van der Waals surface area (Å²) in [6, 6.07) is 0. The first kappa shape index (κ1) is 12.3. The molecule has 0 bridgehead atoms. The van der Waals surface area contributed by atoms with Crippen molar-refractivity contribution in [3.8, 4) is 0 Å².